The predicted octanol–water partition coefficient (Wildman–Crippen LogP) is 2.53. The molecule has 0 aliphatic rings. The molecule has 0 aliphatic carbocycles. The van der Waals surface area contributed by atoms with Crippen LogP contribution >= 0.6 is 0 Å². The van der Waals surface area contributed by atoms with Gasteiger partial charge in [-0.05, 0) is 48.7 Å². The Morgan fingerprint density at radius 3 is 2.41 bits per heavy atom. The van der Waals surface area contributed by atoms with Crippen molar-refractivity contribution in [3.8, 4) is 5.75 Å². The molecule has 0 unspecified atom stereocenters. The van der Waals surface area contributed by atoms with Gasteiger partial charge in [0.2, 0.25) is 5.78 Å². The van der Waals surface area contributed by atoms with Crippen LogP contribution in [-0.4, -0.2) is 34.2 Å². The molecule has 0 radical (unpaired) electrons. The van der Waals surface area contributed by atoms with E-state index in [0.717, 1.165) is 11.1 Å². The van der Waals surface area contributed by atoms with Crippen molar-refractivity contribution in [2.45, 2.75) is 19.8 Å². The maximum absolute atomic E-state index is 12.8. The van der Waals surface area contributed by atoms with Crippen molar-refractivity contribution in [3.05, 3.63) is 75.6 Å². The van der Waals surface area contributed by atoms with Crippen LogP contribution in [0.15, 0.2) is 53.5 Å². The number of esters is 1. The molecular weight excluding hydrogens is 374 g/mol. The number of phenolic OH excluding ortho intramolecular Hbond substituents is 1. The molecule has 2 aromatic carbocycles. The lowest BCUT2D eigenvalue weighted by Gasteiger charge is -2.06. The van der Waals surface area contributed by atoms with Gasteiger partial charge < -0.3 is 14.8 Å². The van der Waals surface area contributed by atoms with Gasteiger partial charge in [0, 0.05) is 17.1 Å². The van der Waals surface area contributed by atoms with Gasteiger partial charge in [-0.2, -0.15) is 0 Å². The molecule has 2 N–H and O–H groups in total. The Morgan fingerprint density at radius 1 is 1.03 bits per heavy atom. The lowest BCUT2D eigenvalue weighted by atomic mass is 10.0. The van der Waals surface area contributed by atoms with E-state index in [9.17, 15) is 24.3 Å². The molecule has 3 rings (SSSR count). The number of ketones is 2. The number of fused-ring (bicyclic) bond motifs is 1. The Morgan fingerprint density at radius 2 is 1.72 bits per heavy atom. The van der Waals surface area contributed by atoms with Gasteiger partial charge in [-0.15, -0.1) is 0 Å². The van der Waals surface area contributed by atoms with Crippen molar-refractivity contribution in [2.24, 2.45) is 0 Å². The van der Waals surface area contributed by atoms with Crippen LogP contribution in [0.4, 0.5) is 0 Å². The molecule has 0 saturated carbocycles. The number of benzene rings is 2. The fourth-order valence-corrected chi connectivity index (χ4v) is 2.96. The van der Waals surface area contributed by atoms with Crippen molar-refractivity contribution in [3.63, 3.8) is 0 Å². The Bertz CT molecular complexity index is 1140. The average Bonchev–Trinajstić information content (AvgIpc) is 2.70. The summed E-state index contributed by atoms with van der Waals surface area (Å²) in [5.41, 5.74) is 1.66. The van der Waals surface area contributed by atoms with Gasteiger partial charge in [-0.3, -0.25) is 14.4 Å². The number of hydrogen-bond donors (Lipinski definition) is 2. The van der Waals surface area contributed by atoms with E-state index in [1.54, 1.807) is 43.3 Å². The molecule has 29 heavy (non-hydrogen) atoms. The van der Waals surface area contributed by atoms with Crippen LogP contribution in [0.5, 0.6) is 5.75 Å². The minimum absolute atomic E-state index is 0.0269. The van der Waals surface area contributed by atoms with Gasteiger partial charge in [-0.1, -0.05) is 18.2 Å². The van der Waals surface area contributed by atoms with Crippen molar-refractivity contribution >= 4 is 28.4 Å². The average molecular weight is 393 g/mol. The van der Waals surface area contributed by atoms with Crippen LogP contribution in [0.3, 0.4) is 0 Å². The second-order valence-electron chi connectivity index (χ2n) is 6.50. The molecule has 0 fully saturated rings. The smallest absolute Gasteiger partial charge is 0.375 e. The third-order valence-corrected chi connectivity index (χ3v) is 4.41. The number of carbonyl (C=O) groups is 3. The third kappa shape index (κ3) is 4.57. The topological polar surface area (TPSA) is 114 Å². The lowest BCUT2D eigenvalue weighted by molar-refractivity contribution is -0.153. The van der Waals surface area contributed by atoms with E-state index >= 15 is 0 Å². The van der Waals surface area contributed by atoms with E-state index in [4.69, 9.17) is 0 Å². The fraction of sp³-hybridized carbons (Fsp3) is 0.182. The summed E-state index contributed by atoms with van der Waals surface area (Å²) in [6.45, 7) is 1.58. The van der Waals surface area contributed by atoms with Crippen molar-refractivity contribution in [2.75, 3.05) is 6.61 Å². The van der Waals surface area contributed by atoms with Crippen LogP contribution in [0.25, 0.3) is 10.9 Å². The van der Waals surface area contributed by atoms with Crippen LogP contribution in [0.2, 0.25) is 0 Å². The Kier molecular flexibility index (Phi) is 5.87. The maximum Gasteiger partial charge on any atom is 0.375 e. The molecule has 148 valence electrons. The predicted molar refractivity (Wildman–Crippen MR) is 106 cm³/mol. The number of aromatic nitrogens is 1. The number of H-pyrrole nitrogens is 1. The number of aromatic amines is 1. The number of carbonyl (C=O) groups excluding carboxylic acids is 3. The first-order valence-electron chi connectivity index (χ1n) is 9.04. The maximum atomic E-state index is 12.8. The number of hydrogen-bond acceptors (Lipinski definition) is 6. The number of phenols is 1. The highest BCUT2D eigenvalue weighted by molar-refractivity contribution is 6.38. The zero-order valence-corrected chi connectivity index (χ0v) is 15.7. The first-order chi connectivity index (χ1) is 13.9. The molecule has 0 atom stereocenters. The Balaban J connectivity index is 1.88. The number of rotatable bonds is 7. The zero-order valence-electron chi connectivity index (χ0n) is 15.7. The number of aromatic hydroxyl groups is 1. The van der Waals surface area contributed by atoms with E-state index in [-0.39, 0.29) is 17.9 Å². The number of ether oxygens (including phenoxy) is 1. The van der Waals surface area contributed by atoms with Crippen LogP contribution in [0.1, 0.15) is 34.8 Å². The van der Waals surface area contributed by atoms with Crippen LogP contribution in [0, 0.1) is 0 Å². The molecule has 1 heterocycles. The minimum Gasteiger partial charge on any atom is -0.508 e. The SMILES string of the molecule is CCOC(=O)C(=O)CC(=O)c1c[nH]c2ccc(Cc3ccc(O)cc3)cc2c1=O. The van der Waals surface area contributed by atoms with Crippen molar-refractivity contribution in [1.29, 1.82) is 0 Å². The highest BCUT2D eigenvalue weighted by atomic mass is 16.5. The highest BCUT2D eigenvalue weighted by Crippen LogP contribution is 2.17. The molecule has 3 aromatic rings. The summed E-state index contributed by atoms with van der Waals surface area (Å²) in [5, 5.41) is 9.69. The summed E-state index contributed by atoms with van der Waals surface area (Å²) in [7, 11) is 0. The van der Waals surface area contributed by atoms with Crippen molar-refractivity contribution in [1.82, 2.24) is 4.98 Å². The molecular formula is C22H19NO6. The van der Waals surface area contributed by atoms with E-state index in [1.165, 1.54) is 6.20 Å². The van der Waals surface area contributed by atoms with Gasteiger partial charge >= 0.3 is 5.97 Å². The molecule has 0 amide bonds. The second-order valence-corrected chi connectivity index (χ2v) is 6.50. The summed E-state index contributed by atoms with van der Waals surface area (Å²) in [5.74, 6) is -2.65. The lowest BCUT2D eigenvalue weighted by Crippen LogP contribution is -2.24. The normalized spacial score (nSPS) is 10.7. The molecule has 0 spiro atoms. The first kappa shape index (κ1) is 20.0. The minimum atomic E-state index is -1.09. The van der Waals surface area contributed by atoms with Gasteiger partial charge in [0.1, 0.15) is 5.75 Å². The number of nitrogens with one attached hydrogen (secondary N) is 1. The number of Topliss-reactive ketones (excluding diaryl/α,β-unsaturated/α-hetero) is 2. The van der Waals surface area contributed by atoms with Crippen LogP contribution < -0.4 is 5.43 Å². The number of pyridine rings is 1. The highest BCUT2D eigenvalue weighted by Gasteiger charge is 2.22. The van der Waals surface area contributed by atoms with Gasteiger partial charge in [-0.25, -0.2) is 4.79 Å². The third-order valence-electron chi connectivity index (χ3n) is 4.41. The quantitative estimate of drug-likeness (QED) is 0.276. The van der Waals surface area contributed by atoms with Crippen molar-refractivity contribution < 1.29 is 24.2 Å². The fourth-order valence-electron chi connectivity index (χ4n) is 2.96. The molecule has 0 saturated heterocycles. The summed E-state index contributed by atoms with van der Waals surface area (Å²) in [6, 6.07) is 12.0. The van der Waals surface area contributed by atoms with Crippen LogP contribution in [-0.2, 0) is 20.7 Å². The Labute approximate surface area is 165 Å². The molecule has 1 aromatic heterocycles. The molecule has 7 heteroatoms. The van der Waals surface area contributed by atoms with Gasteiger partial charge in [0.15, 0.2) is 11.2 Å². The monoisotopic (exact) mass is 393 g/mol. The van der Waals surface area contributed by atoms with E-state index in [1.807, 2.05) is 6.07 Å². The zero-order chi connectivity index (χ0) is 21.0. The molecule has 0 bridgehead atoms. The molecule has 0 aliphatic heterocycles. The first-order valence-corrected chi connectivity index (χ1v) is 9.04. The van der Waals surface area contributed by atoms with Gasteiger partial charge in [0.05, 0.1) is 18.6 Å². The summed E-state index contributed by atoms with van der Waals surface area (Å²) in [4.78, 5) is 51.2. The van der Waals surface area contributed by atoms with E-state index in [0.29, 0.717) is 17.3 Å². The summed E-state index contributed by atoms with van der Waals surface area (Å²) >= 11 is 0. The largest absolute Gasteiger partial charge is 0.508 e. The Hall–Kier alpha value is -3.74. The standard InChI is InChI=1S/C22H19NO6/c1-2-29-22(28)20(26)11-19(25)17-12-23-18-8-5-14(10-16(18)21(17)27)9-13-3-6-15(24)7-4-13/h3-8,10,12,24H,2,9,11H2,1H3,(H,23,27). The summed E-state index contributed by atoms with van der Waals surface area (Å²) < 4.78 is 4.58. The van der Waals surface area contributed by atoms with Gasteiger partial charge in [0.25, 0.3) is 0 Å². The second kappa shape index (κ2) is 8.52. The van der Waals surface area contributed by atoms with E-state index < -0.39 is 29.4 Å². The molecule has 7 nitrogen and oxygen atoms in total. The summed E-state index contributed by atoms with van der Waals surface area (Å²) in [6.07, 6.45) is 1.07. The van der Waals surface area contributed by atoms with E-state index in [2.05, 4.69) is 9.72 Å².